The predicted molar refractivity (Wildman–Crippen MR) is 61.4 cm³/mol. The fourth-order valence-corrected chi connectivity index (χ4v) is 2.09. The third kappa shape index (κ3) is 5.55. The molecule has 0 spiro atoms. The first-order valence-corrected chi connectivity index (χ1v) is 6.04. The quantitative estimate of drug-likeness (QED) is 0.665. The lowest BCUT2D eigenvalue weighted by Crippen LogP contribution is -2.43. The largest absolute Gasteiger partial charge is 0.394 e. The lowest BCUT2D eigenvalue weighted by atomic mass is 10.0. The molecule has 2 N–H and O–H groups in total. The molecule has 0 aliphatic carbocycles. The van der Waals surface area contributed by atoms with Crippen molar-refractivity contribution in [1.82, 2.24) is 5.32 Å². The third-order valence-electron chi connectivity index (χ3n) is 2.58. The van der Waals surface area contributed by atoms with Crippen molar-refractivity contribution in [2.75, 3.05) is 19.4 Å². The van der Waals surface area contributed by atoms with Crippen molar-refractivity contribution in [1.29, 1.82) is 0 Å². The molecule has 0 saturated carbocycles. The van der Waals surface area contributed by atoms with Crippen molar-refractivity contribution in [3.63, 3.8) is 0 Å². The number of aliphatic hydroxyl groups is 1. The van der Waals surface area contributed by atoms with Gasteiger partial charge in [-0.25, -0.2) is 0 Å². The Balaban J connectivity index is 3.61. The summed E-state index contributed by atoms with van der Waals surface area (Å²) < 4.78 is 0. The molecular weight excluding hydrogens is 182 g/mol. The molecule has 0 radical (unpaired) electrons. The number of aliphatic hydroxyl groups excluding tert-OH is 1. The zero-order valence-electron chi connectivity index (χ0n) is 9.26. The molecule has 0 saturated heterocycles. The van der Waals surface area contributed by atoms with E-state index in [1.165, 1.54) is 6.42 Å². The number of thioether (sulfide) groups is 1. The van der Waals surface area contributed by atoms with Crippen LogP contribution in [0, 0.1) is 0 Å². The fourth-order valence-electron chi connectivity index (χ4n) is 0.886. The predicted octanol–water partition coefficient (Wildman–Crippen LogP) is 1.88. The van der Waals surface area contributed by atoms with Gasteiger partial charge < -0.3 is 10.4 Å². The van der Waals surface area contributed by atoms with Crippen LogP contribution in [0.3, 0.4) is 0 Å². The number of hydrogen-bond donors (Lipinski definition) is 2. The molecule has 0 aromatic heterocycles. The summed E-state index contributed by atoms with van der Waals surface area (Å²) in [5.41, 5.74) is -0.0968. The van der Waals surface area contributed by atoms with Crippen molar-refractivity contribution < 1.29 is 5.11 Å². The topological polar surface area (TPSA) is 32.3 Å². The Morgan fingerprint density at radius 2 is 2.15 bits per heavy atom. The molecule has 0 amide bonds. The average Bonchev–Trinajstić information content (AvgIpc) is 2.17. The van der Waals surface area contributed by atoms with Gasteiger partial charge in [-0.1, -0.05) is 13.8 Å². The summed E-state index contributed by atoms with van der Waals surface area (Å²) in [5, 5.41) is 13.0. The van der Waals surface area contributed by atoms with Crippen molar-refractivity contribution in [3.8, 4) is 0 Å². The van der Waals surface area contributed by atoms with Crippen LogP contribution in [0.15, 0.2) is 0 Å². The van der Waals surface area contributed by atoms with E-state index in [-0.39, 0.29) is 12.1 Å². The van der Waals surface area contributed by atoms with Gasteiger partial charge in [0.2, 0.25) is 0 Å². The highest BCUT2D eigenvalue weighted by Crippen LogP contribution is 2.18. The average molecular weight is 205 g/mol. The van der Waals surface area contributed by atoms with Gasteiger partial charge in [0.05, 0.1) is 6.61 Å². The minimum absolute atomic E-state index is 0.0968. The smallest absolute Gasteiger partial charge is 0.0610 e. The van der Waals surface area contributed by atoms with Crippen LogP contribution in [0.2, 0.25) is 0 Å². The molecule has 0 heterocycles. The maximum atomic E-state index is 9.14. The highest BCUT2D eigenvalue weighted by atomic mass is 32.2. The number of likely N-dealkylation sites (N-methyl/N-ethyl adjacent to an activating group) is 1. The van der Waals surface area contributed by atoms with Crippen LogP contribution >= 0.6 is 11.8 Å². The van der Waals surface area contributed by atoms with Crippen LogP contribution in [0.4, 0.5) is 0 Å². The Hall–Kier alpha value is 0.270. The Bertz CT molecular complexity index is 126. The van der Waals surface area contributed by atoms with E-state index in [4.69, 9.17) is 5.11 Å². The van der Waals surface area contributed by atoms with Crippen LogP contribution in [0.1, 0.15) is 33.6 Å². The lowest BCUT2D eigenvalue weighted by molar-refractivity contribution is 0.179. The highest BCUT2D eigenvalue weighted by Gasteiger charge is 2.20. The SMILES string of the molecule is CCC(C)SCCC(C)(CO)NC. The Labute approximate surface area is 86.5 Å². The fraction of sp³-hybridized carbons (Fsp3) is 1.00. The van der Waals surface area contributed by atoms with E-state index in [1.54, 1.807) is 0 Å². The number of rotatable bonds is 7. The first kappa shape index (κ1) is 13.3. The van der Waals surface area contributed by atoms with Crippen molar-refractivity contribution in [3.05, 3.63) is 0 Å². The van der Waals surface area contributed by atoms with Gasteiger partial charge >= 0.3 is 0 Å². The maximum Gasteiger partial charge on any atom is 0.0610 e. The van der Waals surface area contributed by atoms with Gasteiger partial charge in [0, 0.05) is 10.8 Å². The molecule has 0 rings (SSSR count). The zero-order valence-corrected chi connectivity index (χ0v) is 10.1. The van der Waals surface area contributed by atoms with Gasteiger partial charge in [0.25, 0.3) is 0 Å². The van der Waals surface area contributed by atoms with Crippen LogP contribution < -0.4 is 5.32 Å². The van der Waals surface area contributed by atoms with Gasteiger partial charge in [-0.05, 0) is 32.6 Å². The maximum absolute atomic E-state index is 9.14. The molecule has 3 heteroatoms. The van der Waals surface area contributed by atoms with E-state index in [0.717, 1.165) is 17.4 Å². The molecule has 2 nitrogen and oxygen atoms in total. The van der Waals surface area contributed by atoms with Gasteiger partial charge in [-0.2, -0.15) is 11.8 Å². The number of nitrogens with one attached hydrogen (secondary N) is 1. The molecule has 0 bridgehead atoms. The summed E-state index contributed by atoms with van der Waals surface area (Å²) in [6, 6.07) is 0. The zero-order chi connectivity index (χ0) is 10.3. The Morgan fingerprint density at radius 1 is 1.54 bits per heavy atom. The second-order valence-corrected chi connectivity index (χ2v) is 5.35. The van der Waals surface area contributed by atoms with Crippen LogP contribution in [0.25, 0.3) is 0 Å². The summed E-state index contributed by atoms with van der Waals surface area (Å²) in [4.78, 5) is 0. The van der Waals surface area contributed by atoms with Gasteiger partial charge in [-0.3, -0.25) is 0 Å². The van der Waals surface area contributed by atoms with E-state index < -0.39 is 0 Å². The van der Waals surface area contributed by atoms with Gasteiger partial charge in [0.1, 0.15) is 0 Å². The minimum Gasteiger partial charge on any atom is -0.394 e. The van der Waals surface area contributed by atoms with E-state index in [9.17, 15) is 0 Å². The Morgan fingerprint density at radius 3 is 2.54 bits per heavy atom. The van der Waals surface area contributed by atoms with E-state index in [1.807, 2.05) is 18.8 Å². The van der Waals surface area contributed by atoms with Crippen molar-refractivity contribution >= 4 is 11.8 Å². The summed E-state index contributed by atoms with van der Waals surface area (Å²) in [5.74, 6) is 1.12. The molecule has 80 valence electrons. The highest BCUT2D eigenvalue weighted by molar-refractivity contribution is 7.99. The molecule has 0 aliphatic rings. The van der Waals surface area contributed by atoms with Gasteiger partial charge in [0.15, 0.2) is 0 Å². The second kappa shape index (κ2) is 6.68. The van der Waals surface area contributed by atoms with Crippen molar-refractivity contribution in [2.45, 2.75) is 44.4 Å². The third-order valence-corrected chi connectivity index (χ3v) is 3.93. The molecule has 2 atom stereocenters. The van der Waals surface area contributed by atoms with Crippen molar-refractivity contribution in [2.24, 2.45) is 0 Å². The lowest BCUT2D eigenvalue weighted by Gasteiger charge is -2.26. The van der Waals surface area contributed by atoms with Crippen LogP contribution in [-0.2, 0) is 0 Å². The molecule has 2 unspecified atom stereocenters. The summed E-state index contributed by atoms with van der Waals surface area (Å²) in [7, 11) is 1.91. The van der Waals surface area contributed by atoms with E-state index in [2.05, 4.69) is 26.1 Å². The summed E-state index contributed by atoms with van der Waals surface area (Å²) >= 11 is 1.98. The summed E-state index contributed by atoms with van der Waals surface area (Å²) in [6.45, 7) is 6.73. The van der Waals surface area contributed by atoms with Gasteiger partial charge in [-0.15, -0.1) is 0 Å². The monoisotopic (exact) mass is 205 g/mol. The summed E-state index contributed by atoms with van der Waals surface area (Å²) in [6.07, 6.45) is 2.25. The molecule has 0 aromatic carbocycles. The normalized spacial score (nSPS) is 18.2. The Kier molecular flexibility index (Phi) is 6.82. The first-order valence-electron chi connectivity index (χ1n) is 4.99. The molecule has 0 fully saturated rings. The molecule has 13 heavy (non-hydrogen) atoms. The van der Waals surface area contributed by atoms with E-state index >= 15 is 0 Å². The first-order chi connectivity index (χ1) is 6.08. The van der Waals surface area contributed by atoms with Crippen LogP contribution in [0.5, 0.6) is 0 Å². The second-order valence-electron chi connectivity index (χ2n) is 3.81. The minimum atomic E-state index is -0.0968. The number of hydrogen-bond acceptors (Lipinski definition) is 3. The van der Waals surface area contributed by atoms with E-state index in [0.29, 0.717) is 0 Å². The van der Waals surface area contributed by atoms with Crippen LogP contribution in [-0.4, -0.2) is 35.3 Å². The molecular formula is C10H23NOS. The standard InChI is InChI=1S/C10H23NOS/c1-5-9(2)13-7-6-10(3,8-12)11-4/h9,11-12H,5-8H2,1-4H3. The molecule has 0 aliphatic heterocycles. The molecule has 0 aromatic rings.